The van der Waals surface area contributed by atoms with Crippen molar-refractivity contribution in [1.82, 2.24) is 9.97 Å². The summed E-state index contributed by atoms with van der Waals surface area (Å²) in [6.45, 7) is 2.12. The van der Waals surface area contributed by atoms with Crippen LogP contribution < -0.4 is 10.5 Å². The Hall–Kier alpha value is -1.97. The van der Waals surface area contributed by atoms with Crippen molar-refractivity contribution in [3.05, 3.63) is 41.2 Å². The van der Waals surface area contributed by atoms with Crippen molar-refractivity contribution in [1.29, 1.82) is 0 Å². The molecule has 0 aliphatic carbocycles. The second kappa shape index (κ2) is 4.91. The number of benzene rings is 1. The maximum absolute atomic E-state index is 5.55. The van der Waals surface area contributed by atoms with Gasteiger partial charge in [-0.05, 0) is 23.6 Å². The van der Waals surface area contributed by atoms with E-state index in [1.807, 2.05) is 6.07 Å². The molecule has 90 valence electrons. The van der Waals surface area contributed by atoms with Gasteiger partial charge < -0.3 is 15.5 Å². The Labute approximate surface area is 101 Å². The second-order valence-corrected chi connectivity index (χ2v) is 3.97. The Bertz CT molecular complexity index is 505. The molecule has 0 radical (unpaired) electrons. The molecule has 2 aromatic rings. The summed E-state index contributed by atoms with van der Waals surface area (Å²) in [4.78, 5) is 7.01. The topological polar surface area (TPSA) is 63.9 Å². The summed E-state index contributed by atoms with van der Waals surface area (Å²) in [6, 6.07) is 6.23. The molecule has 2 rings (SSSR count). The molecule has 1 aromatic heterocycles. The number of hydrogen-bond donors (Lipinski definition) is 2. The molecule has 17 heavy (non-hydrogen) atoms. The van der Waals surface area contributed by atoms with E-state index in [1.165, 1.54) is 11.1 Å². The molecular weight excluding hydrogens is 214 g/mol. The highest BCUT2D eigenvalue weighted by molar-refractivity contribution is 5.38. The summed E-state index contributed by atoms with van der Waals surface area (Å²) in [5.41, 5.74) is 9.02. The van der Waals surface area contributed by atoms with Gasteiger partial charge >= 0.3 is 0 Å². The van der Waals surface area contributed by atoms with Crippen LogP contribution in [0.3, 0.4) is 0 Å². The van der Waals surface area contributed by atoms with Crippen LogP contribution in [0.4, 0.5) is 5.95 Å². The largest absolute Gasteiger partial charge is 0.496 e. The molecule has 0 aliphatic heterocycles. The first-order chi connectivity index (χ1) is 8.22. The zero-order chi connectivity index (χ0) is 12.3. The molecule has 0 unspecified atom stereocenters. The number of methoxy groups -OCH3 is 1. The number of anilines is 1. The van der Waals surface area contributed by atoms with Gasteiger partial charge in [0.05, 0.1) is 13.3 Å². The SMILES string of the molecule is CCc1cc(Cc2cnc(N)[nH]2)ccc1OC. The molecule has 4 heteroatoms. The Kier molecular flexibility index (Phi) is 3.32. The molecule has 1 aromatic carbocycles. The fourth-order valence-electron chi connectivity index (χ4n) is 1.90. The number of aromatic amines is 1. The monoisotopic (exact) mass is 231 g/mol. The number of nitrogens with zero attached hydrogens (tertiary/aromatic N) is 1. The minimum Gasteiger partial charge on any atom is -0.496 e. The lowest BCUT2D eigenvalue weighted by Gasteiger charge is -2.08. The number of aryl methyl sites for hydroxylation is 1. The summed E-state index contributed by atoms with van der Waals surface area (Å²) < 4.78 is 5.31. The number of nitrogens with one attached hydrogen (secondary N) is 1. The van der Waals surface area contributed by atoms with Gasteiger partial charge in [-0.2, -0.15) is 0 Å². The number of nitrogen functional groups attached to an aromatic ring is 1. The summed E-state index contributed by atoms with van der Waals surface area (Å²) in [5.74, 6) is 1.41. The highest BCUT2D eigenvalue weighted by atomic mass is 16.5. The molecule has 0 atom stereocenters. The molecule has 0 fully saturated rings. The molecule has 0 saturated heterocycles. The van der Waals surface area contributed by atoms with Crippen molar-refractivity contribution >= 4 is 5.95 Å². The smallest absolute Gasteiger partial charge is 0.197 e. The van der Waals surface area contributed by atoms with Crippen molar-refractivity contribution < 1.29 is 4.74 Å². The van der Waals surface area contributed by atoms with Crippen LogP contribution in [-0.2, 0) is 12.8 Å². The van der Waals surface area contributed by atoms with E-state index >= 15 is 0 Å². The van der Waals surface area contributed by atoms with Gasteiger partial charge in [-0.3, -0.25) is 0 Å². The normalized spacial score (nSPS) is 10.5. The van der Waals surface area contributed by atoms with Crippen LogP contribution in [0.2, 0.25) is 0 Å². The van der Waals surface area contributed by atoms with Gasteiger partial charge in [0.25, 0.3) is 0 Å². The number of imidazole rings is 1. The molecular formula is C13H17N3O. The predicted molar refractivity (Wildman–Crippen MR) is 68.2 cm³/mol. The van der Waals surface area contributed by atoms with E-state index in [-0.39, 0.29) is 0 Å². The average molecular weight is 231 g/mol. The molecule has 0 spiro atoms. The number of nitrogens with two attached hydrogens (primary N) is 1. The molecule has 0 saturated carbocycles. The predicted octanol–water partition coefficient (Wildman–Crippen LogP) is 2.15. The highest BCUT2D eigenvalue weighted by Crippen LogP contribution is 2.21. The van der Waals surface area contributed by atoms with Gasteiger partial charge in [0.2, 0.25) is 0 Å². The van der Waals surface area contributed by atoms with Gasteiger partial charge in [0.15, 0.2) is 5.95 Å². The first-order valence-electron chi connectivity index (χ1n) is 5.68. The van der Waals surface area contributed by atoms with Gasteiger partial charge in [0.1, 0.15) is 5.75 Å². The molecule has 0 amide bonds. The second-order valence-electron chi connectivity index (χ2n) is 3.97. The lowest BCUT2D eigenvalue weighted by molar-refractivity contribution is 0.410. The standard InChI is InChI=1S/C13H17N3O/c1-3-10-6-9(4-5-12(10)17-2)7-11-8-15-13(14)16-11/h4-6,8H,3,7H2,1-2H3,(H3,14,15,16). The quantitative estimate of drug-likeness (QED) is 0.847. The Morgan fingerprint density at radius 2 is 2.24 bits per heavy atom. The summed E-state index contributed by atoms with van der Waals surface area (Å²) >= 11 is 0. The van der Waals surface area contributed by atoms with E-state index in [1.54, 1.807) is 13.3 Å². The number of rotatable bonds is 4. The highest BCUT2D eigenvalue weighted by Gasteiger charge is 2.04. The first-order valence-corrected chi connectivity index (χ1v) is 5.68. The molecule has 0 aliphatic rings. The molecule has 0 bridgehead atoms. The van der Waals surface area contributed by atoms with E-state index in [0.29, 0.717) is 5.95 Å². The minimum absolute atomic E-state index is 0.462. The number of hydrogen-bond acceptors (Lipinski definition) is 3. The van der Waals surface area contributed by atoms with Crippen molar-refractivity contribution in [2.45, 2.75) is 19.8 Å². The van der Waals surface area contributed by atoms with Crippen molar-refractivity contribution in [3.8, 4) is 5.75 Å². The lowest BCUT2D eigenvalue weighted by atomic mass is 10.0. The van der Waals surface area contributed by atoms with E-state index in [9.17, 15) is 0 Å². The van der Waals surface area contributed by atoms with Gasteiger partial charge in [0, 0.05) is 12.1 Å². The van der Waals surface area contributed by atoms with Crippen LogP contribution in [0.15, 0.2) is 24.4 Å². The summed E-state index contributed by atoms with van der Waals surface area (Å²) in [6.07, 6.45) is 3.54. The fourth-order valence-corrected chi connectivity index (χ4v) is 1.90. The van der Waals surface area contributed by atoms with Gasteiger partial charge in [-0.15, -0.1) is 0 Å². The zero-order valence-electron chi connectivity index (χ0n) is 10.2. The Balaban J connectivity index is 2.22. The van der Waals surface area contributed by atoms with Crippen molar-refractivity contribution in [2.75, 3.05) is 12.8 Å². The third kappa shape index (κ3) is 2.58. The first kappa shape index (κ1) is 11.5. The van der Waals surface area contributed by atoms with Crippen LogP contribution in [0.5, 0.6) is 5.75 Å². The van der Waals surface area contributed by atoms with E-state index in [2.05, 4.69) is 29.0 Å². The van der Waals surface area contributed by atoms with Crippen LogP contribution in [0.25, 0.3) is 0 Å². The number of ether oxygens (including phenoxy) is 1. The Morgan fingerprint density at radius 3 is 2.82 bits per heavy atom. The fraction of sp³-hybridized carbons (Fsp3) is 0.308. The zero-order valence-corrected chi connectivity index (χ0v) is 10.2. The van der Waals surface area contributed by atoms with Gasteiger partial charge in [-0.25, -0.2) is 4.98 Å². The summed E-state index contributed by atoms with van der Waals surface area (Å²) in [7, 11) is 1.70. The van der Waals surface area contributed by atoms with Crippen molar-refractivity contribution in [3.63, 3.8) is 0 Å². The summed E-state index contributed by atoms with van der Waals surface area (Å²) in [5, 5.41) is 0. The molecule has 3 N–H and O–H groups in total. The minimum atomic E-state index is 0.462. The van der Waals surface area contributed by atoms with Crippen LogP contribution in [0.1, 0.15) is 23.7 Å². The third-order valence-electron chi connectivity index (χ3n) is 2.77. The van der Waals surface area contributed by atoms with Crippen molar-refractivity contribution in [2.24, 2.45) is 0 Å². The Morgan fingerprint density at radius 1 is 1.41 bits per heavy atom. The molecule has 1 heterocycles. The van der Waals surface area contributed by atoms with Crippen LogP contribution in [-0.4, -0.2) is 17.1 Å². The number of aromatic nitrogens is 2. The van der Waals surface area contributed by atoms with Gasteiger partial charge in [-0.1, -0.05) is 19.1 Å². The van der Waals surface area contributed by atoms with Crippen LogP contribution >= 0.6 is 0 Å². The average Bonchev–Trinajstić information content (AvgIpc) is 2.74. The molecule has 4 nitrogen and oxygen atoms in total. The van der Waals surface area contributed by atoms with E-state index in [0.717, 1.165) is 24.3 Å². The van der Waals surface area contributed by atoms with E-state index < -0.39 is 0 Å². The maximum Gasteiger partial charge on any atom is 0.197 e. The van der Waals surface area contributed by atoms with E-state index in [4.69, 9.17) is 10.5 Å². The van der Waals surface area contributed by atoms with Crippen LogP contribution in [0, 0.1) is 0 Å². The lowest BCUT2D eigenvalue weighted by Crippen LogP contribution is -1.95. The maximum atomic E-state index is 5.55. The number of H-pyrrole nitrogens is 1. The third-order valence-corrected chi connectivity index (χ3v) is 2.77.